The number of hydrogen-bond acceptors (Lipinski definition) is 5. The average Bonchev–Trinajstić information content (AvgIpc) is 3.32. The van der Waals surface area contributed by atoms with E-state index in [-0.39, 0.29) is 11.9 Å². The number of fused-ring (bicyclic) bond motifs is 2. The molecule has 1 atom stereocenters. The summed E-state index contributed by atoms with van der Waals surface area (Å²) in [5.74, 6) is -0.0924. The monoisotopic (exact) mass is 437 g/mol. The quantitative estimate of drug-likeness (QED) is 0.481. The minimum atomic E-state index is -0.0924. The Morgan fingerprint density at radius 1 is 1.21 bits per heavy atom. The van der Waals surface area contributed by atoms with Gasteiger partial charge in [-0.2, -0.15) is 5.10 Å². The van der Waals surface area contributed by atoms with E-state index in [1.807, 2.05) is 17.9 Å². The SMILES string of the molecule is CC1c2ccc(-c3ccncn3)n2CCN1C(=O)c1cc2ncc(Br)cn2n1. The number of hydrogen-bond donors (Lipinski definition) is 0. The smallest absolute Gasteiger partial charge is 0.275 e. The summed E-state index contributed by atoms with van der Waals surface area (Å²) in [6.07, 6.45) is 6.77. The van der Waals surface area contributed by atoms with Gasteiger partial charge in [0.1, 0.15) is 6.33 Å². The fraction of sp³-hybridized carbons (Fsp3) is 0.211. The van der Waals surface area contributed by atoms with Crippen LogP contribution in [0, 0.1) is 0 Å². The summed E-state index contributed by atoms with van der Waals surface area (Å²) in [5, 5.41) is 4.40. The Morgan fingerprint density at radius 3 is 2.93 bits per heavy atom. The van der Waals surface area contributed by atoms with Crippen LogP contribution < -0.4 is 0 Å². The summed E-state index contributed by atoms with van der Waals surface area (Å²) >= 11 is 3.37. The molecule has 1 unspecified atom stereocenters. The van der Waals surface area contributed by atoms with Crippen molar-refractivity contribution in [3.05, 3.63) is 65.0 Å². The summed E-state index contributed by atoms with van der Waals surface area (Å²) in [4.78, 5) is 27.6. The third-order valence-corrected chi connectivity index (χ3v) is 5.49. The molecule has 8 nitrogen and oxygen atoms in total. The average molecular weight is 438 g/mol. The van der Waals surface area contributed by atoms with Crippen molar-refractivity contribution in [2.75, 3.05) is 6.54 Å². The molecule has 0 spiro atoms. The number of halogens is 1. The molecule has 0 radical (unpaired) electrons. The van der Waals surface area contributed by atoms with Gasteiger partial charge >= 0.3 is 0 Å². The highest BCUT2D eigenvalue weighted by molar-refractivity contribution is 9.10. The van der Waals surface area contributed by atoms with Gasteiger partial charge in [0.15, 0.2) is 11.3 Å². The molecule has 0 bridgehead atoms. The lowest BCUT2D eigenvalue weighted by atomic mass is 10.1. The Balaban J connectivity index is 1.46. The number of amides is 1. The van der Waals surface area contributed by atoms with Crippen molar-refractivity contribution < 1.29 is 4.79 Å². The number of nitrogens with zero attached hydrogens (tertiary/aromatic N) is 7. The second kappa shape index (κ2) is 6.52. The van der Waals surface area contributed by atoms with Crippen molar-refractivity contribution in [3.8, 4) is 11.4 Å². The van der Waals surface area contributed by atoms with E-state index in [2.05, 4.69) is 52.7 Å². The van der Waals surface area contributed by atoms with Crippen molar-refractivity contribution >= 4 is 27.5 Å². The van der Waals surface area contributed by atoms with Crippen LogP contribution in [0.15, 0.2) is 53.7 Å². The van der Waals surface area contributed by atoms with E-state index in [0.29, 0.717) is 24.4 Å². The van der Waals surface area contributed by atoms with Gasteiger partial charge < -0.3 is 9.47 Å². The first-order valence-corrected chi connectivity index (χ1v) is 9.69. The van der Waals surface area contributed by atoms with Crippen LogP contribution in [-0.2, 0) is 6.54 Å². The topological polar surface area (TPSA) is 81.2 Å². The van der Waals surface area contributed by atoms with Crippen LogP contribution in [0.1, 0.15) is 29.1 Å². The molecule has 4 aromatic heterocycles. The van der Waals surface area contributed by atoms with Crippen LogP contribution in [0.5, 0.6) is 0 Å². The third kappa shape index (κ3) is 2.70. The molecule has 28 heavy (non-hydrogen) atoms. The molecule has 0 saturated carbocycles. The van der Waals surface area contributed by atoms with E-state index in [1.54, 1.807) is 35.5 Å². The highest BCUT2D eigenvalue weighted by atomic mass is 79.9. The zero-order valence-corrected chi connectivity index (χ0v) is 16.6. The molecule has 0 aliphatic carbocycles. The molecule has 140 valence electrons. The normalized spacial score (nSPS) is 16.4. The summed E-state index contributed by atoms with van der Waals surface area (Å²) in [6.45, 7) is 3.34. The summed E-state index contributed by atoms with van der Waals surface area (Å²) in [7, 11) is 0. The second-order valence-electron chi connectivity index (χ2n) is 6.67. The van der Waals surface area contributed by atoms with Crippen LogP contribution in [0.25, 0.3) is 17.0 Å². The largest absolute Gasteiger partial charge is 0.340 e. The summed E-state index contributed by atoms with van der Waals surface area (Å²) in [6, 6.07) is 7.66. The van der Waals surface area contributed by atoms with Crippen LogP contribution in [0.4, 0.5) is 0 Å². The Labute approximate surface area is 169 Å². The van der Waals surface area contributed by atoms with Gasteiger partial charge in [-0.3, -0.25) is 4.79 Å². The Morgan fingerprint density at radius 2 is 2.11 bits per heavy atom. The molecular weight excluding hydrogens is 422 g/mol. The van der Waals surface area contributed by atoms with E-state index < -0.39 is 0 Å². The molecule has 4 aromatic rings. The van der Waals surface area contributed by atoms with E-state index in [9.17, 15) is 4.79 Å². The molecule has 1 aliphatic rings. The second-order valence-corrected chi connectivity index (χ2v) is 7.58. The molecule has 1 aliphatic heterocycles. The van der Waals surface area contributed by atoms with E-state index in [0.717, 1.165) is 21.6 Å². The zero-order valence-electron chi connectivity index (χ0n) is 15.0. The predicted molar refractivity (Wildman–Crippen MR) is 106 cm³/mol. The number of carbonyl (C=O) groups excluding carboxylic acids is 1. The maximum atomic E-state index is 13.1. The molecule has 0 saturated heterocycles. The van der Waals surface area contributed by atoms with Gasteiger partial charge in [-0.25, -0.2) is 19.5 Å². The lowest BCUT2D eigenvalue weighted by Crippen LogP contribution is -2.41. The highest BCUT2D eigenvalue weighted by Gasteiger charge is 2.31. The molecular formula is C19H16BrN7O. The first-order valence-electron chi connectivity index (χ1n) is 8.89. The van der Waals surface area contributed by atoms with E-state index in [1.165, 1.54) is 0 Å². The molecule has 0 N–H and O–H groups in total. The van der Waals surface area contributed by atoms with E-state index in [4.69, 9.17) is 0 Å². The molecule has 0 fully saturated rings. The van der Waals surface area contributed by atoms with Gasteiger partial charge in [0.2, 0.25) is 0 Å². The summed E-state index contributed by atoms with van der Waals surface area (Å²) in [5.41, 5.74) is 4.04. The van der Waals surface area contributed by atoms with Gasteiger partial charge in [-0.05, 0) is 41.1 Å². The zero-order chi connectivity index (χ0) is 19.3. The van der Waals surface area contributed by atoms with Crippen molar-refractivity contribution in [2.24, 2.45) is 0 Å². The van der Waals surface area contributed by atoms with Crippen molar-refractivity contribution in [2.45, 2.75) is 19.5 Å². The fourth-order valence-corrected chi connectivity index (χ4v) is 4.00. The van der Waals surface area contributed by atoms with Gasteiger partial charge in [-0.1, -0.05) is 0 Å². The van der Waals surface area contributed by atoms with Crippen LogP contribution in [0.2, 0.25) is 0 Å². The first kappa shape index (κ1) is 17.1. The molecule has 1 amide bonds. The Hall–Kier alpha value is -3.07. The van der Waals surface area contributed by atoms with Gasteiger partial charge in [-0.15, -0.1) is 0 Å². The third-order valence-electron chi connectivity index (χ3n) is 5.08. The first-order chi connectivity index (χ1) is 13.6. The van der Waals surface area contributed by atoms with Gasteiger partial charge in [0.05, 0.1) is 21.9 Å². The predicted octanol–water partition coefficient (Wildman–Crippen LogP) is 2.97. The van der Waals surface area contributed by atoms with E-state index >= 15 is 0 Å². The maximum absolute atomic E-state index is 13.1. The number of rotatable bonds is 2. The Kier molecular flexibility index (Phi) is 3.97. The lowest BCUT2D eigenvalue weighted by Gasteiger charge is -2.35. The number of carbonyl (C=O) groups is 1. The number of aromatic nitrogens is 6. The van der Waals surface area contributed by atoms with Crippen LogP contribution >= 0.6 is 15.9 Å². The minimum Gasteiger partial charge on any atom is -0.340 e. The molecule has 9 heteroatoms. The van der Waals surface area contributed by atoms with Gasteiger partial charge in [0.25, 0.3) is 5.91 Å². The standard InChI is InChI=1S/C19H16BrN7O/c1-12-16-2-3-17(14-4-5-21-11-23-14)26(16)7-6-25(12)19(28)15-8-18-22-9-13(20)10-27(18)24-15/h2-5,8-12H,6-7H2,1H3. The van der Waals surface area contributed by atoms with Crippen molar-refractivity contribution in [1.29, 1.82) is 0 Å². The Bertz CT molecular complexity index is 1180. The highest BCUT2D eigenvalue weighted by Crippen LogP contribution is 2.32. The van der Waals surface area contributed by atoms with Crippen LogP contribution in [-0.4, -0.2) is 46.5 Å². The summed E-state index contributed by atoms with van der Waals surface area (Å²) < 4.78 is 4.64. The lowest BCUT2D eigenvalue weighted by molar-refractivity contribution is 0.0638. The van der Waals surface area contributed by atoms with Crippen LogP contribution in [0.3, 0.4) is 0 Å². The molecule has 0 aromatic carbocycles. The van der Waals surface area contributed by atoms with Crippen molar-refractivity contribution in [3.63, 3.8) is 0 Å². The fourth-order valence-electron chi connectivity index (χ4n) is 3.71. The van der Waals surface area contributed by atoms with Crippen molar-refractivity contribution in [1.82, 2.24) is 34.0 Å². The molecule has 5 rings (SSSR count). The maximum Gasteiger partial charge on any atom is 0.275 e. The van der Waals surface area contributed by atoms with Gasteiger partial charge in [0, 0.05) is 43.4 Å². The minimum absolute atomic E-state index is 0.0682. The molecule has 5 heterocycles.